The van der Waals surface area contributed by atoms with Crippen molar-refractivity contribution in [1.82, 2.24) is 4.72 Å². The van der Waals surface area contributed by atoms with Crippen LogP contribution in [-0.4, -0.2) is 32.9 Å². The first-order valence-electron chi connectivity index (χ1n) is 5.30. The van der Waals surface area contributed by atoms with Gasteiger partial charge in [0.05, 0.1) is 18.1 Å². The standard InChI is InChI=1S/C10H13ClN2O5S/c1-18-8-3-4-10(9(7-8)13(14)15)19(16,17)12-6-2-5-11/h3-4,7,12H,2,5-6H2,1H3. The van der Waals surface area contributed by atoms with Gasteiger partial charge in [-0.3, -0.25) is 10.1 Å². The van der Waals surface area contributed by atoms with E-state index >= 15 is 0 Å². The van der Waals surface area contributed by atoms with Gasteiger partial charge in [0.15, 0.2) is 4.90 Å². The van der Waals surface area contributed by atoms with E-state index in [1.807, 2.05) is 0 Å². The summed E-state index contributed by atoms with van der Waals surface area (Å²) in [5.74, 6) is 0.513. The van der Waals surface area contributed by atoms with Crippen molar-refractivity contribution >= 4 is 27.3 Å². The van der Waals surface area contributed by atoms with Gasteiger partial charge in [0.25, 0.3) is 5.69 Å². The zero-order valence-electron chi connectivity index (χ0n) is 10.1. The number of alkyl halides is 1. The Morgan fingerprint density at radius 2 is 2.16 bits per heavy atom. The van der Waals surface area contributed by atoms with Crippen LogP contribution in [0.3, 0.4) is 0 Å². The summed E-state index contributed by atoms with van der Waals surface area (Å²) in [6.07, 6.45) is 0.435. The molecule has 0 atom stereocenters. The monoisotopic (exact) mass is 308 g/mol. The van der Waals surface area contributed by atoms with Crippen LogP contribution in [0.4, 0.5) is 5.69 Å². The Kier molecular flexibility index (Phi) is 5.52. The number of nitrogens with zero attached hydrogens (tertiary/aromatic N) is 1. The Morgan fingerprint density at radius 3 is 2.68 bits per heavy atom. The second-order valence-electron chi connectivity index (χ2n) is 3.53. The molecular weight excluding hydrogens is 296 g/mol. The molecule has 0 saturated carbocycles. The quantitative estimate of drug-likeness (QED) is 0.356. The summed E-state index contributed by atoms with van der Waals surface area (Å²) in [7, 11) is -2.60. The summed E-state index contributed by atoms with van der Waals surface area (Å²) in [5, 5.41) is 10.9. The molecule has 1 aromatic carbocycles. The molecule has 0 aliphatic heterocycles. The normalized spacial score (nSPS) is 11.3. The molecular formula is C10H13ClN2O5S. The maximum atomic E-state index is 11.9. The molecule has 0 spiro atoms. The molecule has 0 unspecified atom stereocenters. The lowest BCUT2D eigenvalue weighted by atomic mass is 10.3. The van der Waals surface area contributed by atoms with Gasteiger partial charge in [-0.2, -0.15) is 0 Å². The van der Waals surface area contributed by atoms with Crippen LogP contribution in [0.2, 0.25) is 0 Å². The topological polar surface area (TPSA) is 98.5 Å². The molecule has 0 heterocycles. The highest BCUT2D eigenvalue weighted by Crippen LogP contribution is 2.28. The zero-order valence-corrected chi connectivity index (χ0v) is 11.7. The number of rotatable bonds is 7. The number of hydrogen-bond acceptors (Lipinski definition) is 5. The van der Waals surface area contributed by atoms with Crippen LogP contribution in [0.25, 0.3) is 0 Å². The summed E-state index contributed by atoms with van der Waals surface area (Å²) in [6, 6.07) is 3.55. The van der Waals surface area contributed by atoms with Crippen LogP contribution in [-0.2, 0) is 10.0 Å². The van der Waals surface area contributed by atoms with E-state index in [0.717, 1.165) is 12.1 Å². The first-order chi connectivity index (χ1) is 8.92. The maximum absolute atomic E-state index is 11.9. The predicted octanol–water partition coefficient (Wildman–Crippen LogP) is 1.51. The van der Waals surface area contributed by atoms with Gasteiger partial charge in [-0.05, 0) is 18.6 Å². The number of nitro groups is 1. The van der Waals surface area contributed by atoms with Gasteiger partial charge in [-0.15, -0.1) is 11.6 Å². The van der Waals surface area contributed by atoms with Gasteiger partial charge in [0.1, 0.15) is 5.75 Å². The Labute approximate surface area is 115 Å². The molecule has 7 nitrogen and oxygen atoms in total. The minimum Gasteiger partial charge on any atom is -0.497 e. The summed E-state index contributed by atoms with van der Waals surface area (Å²) in [4.78, 5) is 9.74. The number of halogens is 1. The summed E-state index contributed by atoms with van der Waals surface area (Å²) < 4.78 is 31.0. The van der Waals surface area contributed by atoms with Gasteiger partial charge in [0, 0.05) is 12.4 Å². The molecule has 19 heavy (non-hydrogen) atoms. The van der Waals surface area contributed by atoms with E-state index in [0.29, 0.717) is 12.3 Å². The number of ether oxygens (including phenoxy) is 1. The van der Waals surface area contributed by atoms with Crippen LogP contribution < -0.4 is 9.46 Å². The predicted molar refractivity (Wildman–Crippen MR) is 70.2 cm³/mol. The highest BCUT2D eigenvalue weighted by Gasteiger charge is 2.25. The number of sulfonamides is 1. The van der Waals surface area contributed by atoms with Crippen LogP contribution in [0.15, 0.2) is 23.1 Å². The van der Waals surface area contributed by atoms with Gasteiger partial charge in [0.2, 0.25) is 10.0 Å². The molecule has 0 amide bonds. The first kappa shape index (κ1) is 15.7. The fraction of sp³-hybridized carbons (Fsp3) is 0.400. The minimum absolute atomic E-state index is 0.120. The average Bonchev–Trinajstić information content (AvgIpc) is 2.38. The molecule has 0 bridgehead atoms. The van der Waals surface area contributed by atoms with Gasteiger partial charge < -0.3 is 4.74 Å². The van der Waals surface area contributed by atoms with Crippen LogP contribution in [0.5, 0.6) is 5.75 Å². The second kappa shape index (κ2) is 6.69. The molecule has 0 fully saturated rings. The second-order valence-corrected chi connectivity index (χ2v) is 5.64. The zero-order chi connectivity index (χ0) is 14.5. The van der Waals surface area contributed by atoms with E-state index in [1.54, 1.807) is 0 Å². The van der Waals surface area contributed by atoms with E-state index in [1.165, 1.54) is 13.2 Å². The fourth-order valence-electron chi connectivity index (χ4n) is 1.35. The van der Waals surface area contributed by atoms with Crippen molar-refractivity contribution in [2.75, 3.05) is 19.5 Å². The molecule has 0 aliphatic rings. The number of nitrogens with one attached hydrogen (secondary N) is 1. The van der Waals surface area contributed by atoms with E-state index < -0.39 is 25.5 Å². The molecule has 1 aromatic rings. The van der Waals surface area contributed by atoms with Crippen LogP contribution in [0, 0.1) is 10.1 Å². The third-order valence-corrected chi connectivity index (χ3v) is 4.03. The number of hydrogen-bond donors (Lipinski definition) is 1. The SMILES string of the molecule is COc1ccc(S(=O)(=O)NCCCCl)c([N+](=O)[O-])c1. The Balaban J connectivity index is 3.15. The minimum atomic E-state index is -3.94. The molecule has 106 valence electrons. The van der Waals surface area contributed by atoms with Crippen molar-refractivity contribution in [2.24, 2.45) is 0 Å². The highest BCUT2D eigenvalue weighted by molar-refractivity contribution is 7.89. The lowest BCUT2D eigenvalue weighted by Crippen LogP contribution is -2.25. The molecule has 9 heteroatoms. The Bertz CT molecular complexity index is 561. The molecule has 0 aliphatic carbocycles. The molecule has 1 N–H and O–H groups in total. The first-order valence-corrected chi connectivity index (χ1v) is 7.32. The number of methoxy groups -OCH3 is 1. The lowest BCUT2D eigenvalue weighted by molar-refractivity contribution is -0.387. The Hall–Kier alpha value is -1.38. The number of benzene rings is 1. The van der Waals surface area contributed by atoms with Crippen molar-refractivity contribution in [2.45, 2.75) is 11.3 Å². The van der Waals surface area contributed by atoms with Crippen molar-refractivity contribution in [3.05, 3.63) is 28.3 Å². The van der Waals surface area contributed by atoms with E-state index in [4.69, 9.17) is 16.3 Å². The van der Waals surface area contributed by atoms with Gasteiger partial charge >= 0.3 is 0 Å². The average molecular weight is 309 g/mol. The van der Waals surface area contributed by atoms with Crippen molar-refractivity contribution < 1.29 is 18.1 Å². The van der Waals surface area contributed by atoms with E-state index in [9.17, 15) is 18.5 Å². The molecule has 0 radical (unpaired) electrons. The summed E-state index contributed by atoms with van der Waals surface area (Å²) in [6.45, 7) is 0.120. The Morgan fingerprint density at radius 1 is 1.47 bits per heavy atom. The molecule has 0 saturated heterocycles. The smallest absolute Gasteiger partial charge is 0.293 e. The molecule has 0 aromatic heterocycles. The van der Waals surface area contributed by atoms with E-state index in [-0.39, 0.29) is 12.3 Å². The maximum Gasteiger partial charge on any atom is 0.293 e. The van der Waals surface area contributed by atoms with Crippen LogP contribution >= 0.6 is 11.6 Å². The lowest BCUT2D eigenvalue weighted by Gasteiger charge is -2.07. The highest BCUT2D eigenvalue weighted by atomic mass is 35.5. The third kappa shape index (κ3) is 4.05. The third-order valence-electron chi connectivity index (χ3n) is 2.25. The van der Waals surface area contributed by atoms with Crippen molar-refractivity contribution in [1.29, 1.82) is 0 Å². The molecule has 1 rings (SSSR count). The van der Waals surface area contributed by atoms with E-state index in [2.05, 4.69) is 4.72 Å². The largest absolute Gasteiger partial charge is 0.497 e. The van der Waals surface area contributed by atoms with Gasteiger partial charge in [-0.1, -0.05) is 0 Å². The summed E-state index contributed by atoms with van der Waals surface area (Å²) in [5.41, 5.74) is -0.530. The summed E-state index contributed by atoms with van der Waals surface area (Å²) >= 11 is 5.44. The van der Waals surface area contributed by atoms with Gasteiger partial charge in [-0.25, -0.2) is 13.1 Å². The number of nitro benzene ring substituents is 1. The van der Waals surface area contributed by atoms with Crippen molar-refractivity contribution in [3.63, 3.8) is 0 Å². The van der Waals surface area contributed by atoms with Crippen molar-refractivity contribution in [3.8, 4) is 5.75 Å². The fourth-order valence-corrected chi connectivity index (χ4v) is 2.70. The van der Waals surface area contributed by atoms with Crippen LogP contribution in [0.1, 0.15) is 6.42 Å².